The fourth-order valence-corrected chi connectivity index (χ4v) is 4.10. The average Bonchev–Trinajstić information content (AvgIpc) is 2.66. The van der Waals surface area contributed by atoms with E-state index in [1.54, 1.807) is 0 Å². The molecule has 0 aliphatic carbocycles. The van der Waals surface area contributed by atoms with Gasteiger partial charge in [0.25, 0.3) is 5.56 Å². The Hall–Kier alpha value is -2.52. The molecule has 0 radical (unpaired) electrons. The molecule has 0 bridgehead atoms. The molecule has 1 aliphatic heterocycles. The van der Waals surface area contributed by atoms with E-state index in [1.165, 1.54) is 36.5 Å². The lowest BCUT2D eigenvalue weighted by Gasteiger charge is -2.30. The molecule has 0 saturated carbocycles. The van der Waals surface area contributed by atoms with Crippen LogP contribution in [0.25, 0.3) is 0 Å². The van der Waals surface area contributed by atoms with Crippen molar-refractivity contribution in [2.75, 3.05) is 11.4 Å². The molecule has 3 aromatic heterocycles. The van der Waals surface area contributed by atoms with Crippen molar-refractivity contribution in [3.8, 4) is 0 Å². The van der Waals surface area contributed by atoms with E-state index in [-0.39, 0.29) is 10.8 Å². The van der Waals surface area contributed by atoms with Crippen molar-refractivity contribution in [3.05, 3.63) is 62.8 Å². The Kier molecular flexibility index (Phi) is 4.79. The van der Waals surface area contributed by atoms with Crippen LogP contribution in [0, 0.1) is 12.7 Å². The predicted octanol–water partition coefficient (Wildman–Crippen LogP) is 2.77. The van der Waals surface area contributed by atoms with Gasteiger partial charge < -0.3 is 4.90 Å². The molecule has 0 fully saturated rings. The van der Waals surface area contributed by atoms with Crippen LogP contribution in [0.4, 0.5) is 10.1 Å². The summed E-state index contributed by atoms with van der Waals surface area (Å²) in [5, 5.41) is 7.77. The zero-order valence-corrected chi connectivity index (χ0v) is 15.8. The largest absolute Gasteiger partial charge is 0.363 e. The number of fused-ring (bicyclic) bond motifs is 1. The molecule has 10 heteroatoms. The number of anilines is 1. The summed E-state index contributed by atoms with van der Waals surface area (Å²) in [6.07, 6.45) is 4.92. The smallest absolute Gasteiger partial charge is 0.285 e. The van der Waals surface area contributed by atoms with E-state index in [9.17, 15) is 9.18 Å². The second-order valence-corrected chi connectivity index (χ2v) is 7.41. The van der Waals surface area contributed by atoms with Gasteiger partial charge in [-0.05, 0) is 36.7 Å². The zero-order chi connectivity index (χ0) is 19.0. The number of pyridine rings is 1. The summed E-state index contributed by atoms with van der Waals surface area (Å²) in [7, 11) is 0. The first-order chi connectivity index (χ1) is 13.0. The number of aromatic amines is 1. The monoisotopic (exact) mass is 404 g/mol. The van der Waals surface area contributed by atoms with Gasteiger partial charge in [-0.15, -0.1) is 0 Å². The van der Waals surface area contributed by atoms with Crippen LogP contribution in [-0.2, 0) is 13.0 Å². The quantitative estimate of drug-likeness (QED) is 0.671. The van der Waals surface area contributed by atoms with Gasteiger partial charge in [-0.25, -0.2) is 24.4 Å². The highest BCUT2D eigenvalue weighted by molar-refractivity contribution is 7.99. The summed E-state index contributed by atoms with van der Waals surface area (Å²) in [4.78, 5) is 26.6. The molecule has 27 heavy (non-hydrogen) atoms. The molecule has 0 saturated heterocycles. The Morgan fingerprint density at radius 2 is 2.11 bits per heavy atom. The van der Waals surface area contributed by atoms with Crippen LogP contribution >= 0.6 is 23.4 Å². The molecule has 138 valence electrons. The van der Waals surface area contributed by atoms with Crippen LogP contribution < -0.4 is 10.5 Å². The van der Waals surface area contributed by atoms with Gasteiger partial charge in [-0.1, -0.05) is 11.6 Å². The summed E-state index contributed by atoms with van der Waals surface area (Å²) in [6, 6.07) is 1.45. The SMILES string of the molecule is Cc1cc(F)cnc1Sc1ncnc2c1CCN(c1cn[nH]c(=O)c1Cl)C2. The predicted molar refractivity (Wildman–Crippen MR) is 99.7 cm³/mol. The highest BCUT2D eigenvalue weighted by Gasteiger charge is 2.24. The van der Waals surface area contributed by atoms with Crippen molar-refractivity contribution in [1.82, 2.24) is 25.1 Å². The van der Waals surface area contributed by atoms with E-state index in [0.29, 0.717) is 30.2 Å². The van der Waals surface area contributed by atoms with Gasteiger partial charge in [0.2, 0.25) is 0 Å². The standard InChI is InChI=1S/C17H14ClFN6OS/c1-9-4-10(19)5-20-16(9)27-17-11-2-3-25(7-12(11)21-8-22-17)13-6-23-24-15(26)14(13)18/h4-6,8H,2-3,7H2,1H3,(H,24,26). The summed E-state index contributed by atoms with van der Waals surface area (Å²) in [6.45, 7) is 2.95. The van der Waals surface area contributed by atoms with Crippen LogP contribution in [-0.4, -0.2) is 31.7 Å². The molecule has 0 amide bonds. The van der Waals surface area contributed by atoms with Gasteiger partial charge in [0.15, 0.2) is 0 Å². The van der Waals surface area contributed by atoms with Crippen molar-refractivity contribution in [1.29, 1.82) is 0 Å². The van der Waals surface area contributed by atoms with Gasteiger partial charge in [-0.3, -0.25) is 4.79 Å². The molecule has 7 nitrogen and oxygen atoms in total. The fourth-order valence-electron chi connectivity index (χ4n) is 2.94. The molecule has 0 aromatic carbocycles. The molecule has 0 unspecified atom stereocenters. The van der Waals surface area contributed by atoms with E-state index in [4.69, 9.17) is 11.6 Å². The Balaban J connectivity index is 1.63. The minimum Gasteiger partial charge on any atom is -0.363 e. The lowest BCUT2D eigenvalue weighted by molar-refractivity contribution is 0.615. The van der Waals surface area contributed by atoms with Crippen molar-refractivity contribution in [3.63, 3.8) is 0 Å². The zero-order valence-electron chi connectivity index (χ0n) is 14.2. The molecule has 4 rings (SSSR count). The van der Waals surface area contributed by atoms with E-state index in [1.807, 2.05) is 11.8 Å². The van der Waals surface area contributed by atoms with E-state index in [0.717, 1.165) is 21.8 Å². The number of halogens is 2. The Labute approximate surface area is 163 Å². The van der Waals surface area contributed by atoms with E-state index in [2.05, 4.69) is 25.1 Å². The van der Waals surface area contributed by atoms with E-state index >= 15 is 0 Å². The van der Waals surface area contributed by atoms with Crippen LogP contribution in [0.2, 0.25) is 5.02 Å². The maximum atomic E-state index is 13.3. The van der Waals surface area contributed by atoms with Crippen LogP contribution in [0.1, 0.15) is 16.8 Å². The Morgan fingerprint density at radius 3 is 2.93 bits per heavy atom. The number of aryl methyl sites for hydroxylation is 1. The Morgan fingerprint density at radius 1 is 1.26 bits per heavy atom. The van der Waals surface area contributed by atoms with Gasteiger partial charge in [0.1, 0.15) is 27.2 Å². The van der Waals surface area contributed by atoms with E-state index < -0.39 is 5.56 Å². The lowest BCUT2D eigenvalue weighted by Crippen LogP contribution is -2.33. The first-order valence-corrected chi connectivity index (χ1v) is 9.33. The normalized spacial score (nSPS) is 13.5. The molecule has 0 atom stereocenters. The summed E-state index contributed by atoms with van der Waals surface area (Å²) >= 11 is 7.52. The van der Waals surface area contributed by atoms with Crippen molar-refractivity contribution in [2.24, 2.45) is 0 Å². The number of hydrogen-bond donors (Lipinski definition) is 1. The van der Waals surface area contributed by atoms with Crippen molar-refractivity contribution >= 4 is 29.1 Å². The minimum atomic E-state index is -0.420. The van der Waals surface area contributed by atoms with Gasteiger partial charge in [0.05, 0.1) is 30.3 Å². The maximum Gasteiger partial charge on any atom is 0.285 e. The fraction of sp³-hybridized carbons (Fsp3) is 0.235. The first kappa shape index (κ1) is 17.9. The third-order valence-electron chi connectivity index (χ3n) is 4.28. The highest BCUT2D eigenvalue weighted by atomic mass is 35.5. The first-order valence-electron chi connectivity index (χ1n) is 8.14. The van der Waals surface area contributed by atoms with Crippen LogP contribution in [0.3, 0.4) is 0 Å². The number of nitrogens with one attached hydrogen (secondary N) is 1. The number of hydrogen-bond acceptors (Lipinski definition) is 7. The second kappa shape index (κ2) is 7.24. The van der Waals surface area contributed by atoms with Gasteiger partial charge >= 0.3 is 0 Å². The maximum absolute atomic E-state index is 13.3. The lowest BCUT2D eigenvalue weighted by atomic mass is 10.1. The number of rotatable bonds is 3. The molecular formula is C17H14ClFN6OS. The Bertz CT molecular complexity index is 1080. The van der Waals surface area contributed by atoms with Crippen LogP contribution in [0.15, 0.2) is 39.6 Å². The van der Waals surface area contributed by atoms with Crippen LogP contribution in [0.5, 0.6) is 0 Å². The molecular weight excluding hydrogens is 391 g/mol. The van der Waals surface area contributed by atoms with Gasteiger partial charge in [0, 0.05) is 12.1 Å². The average molecular weight is 405 g/mol. The number of aromatic nitrogens is 5. The molecule has 4 heterocycles. The summed E-state index contributed by atoms with van der Waals surface area (Å²) < 4.78 is 13.3. The molecule has 1 aliphatic rings. The third-order valence-corrected chi connectivity index (χ3v) is 5.81. The molecule has 1 N–H and O–H groups in total. The summed E-state index contributed by atoms with van der Waals surface area (Å²) in [5.74, 6) is -0.361. The van der Waals surface area contributed by atoms with Gasteiger partial charge in [-0.2, -0.15) is 5.10 Å². The number of H-pyrrole nitrogens is 1. The minimum absolute atomic E-state index is 0.114. The van der Waals surface area contributed by atoms with Crippen molar-refractivity contribution in [2.45, 2.75) is 29.9 Å². The summed E-state index contributed by atoms with van der Waals surface area (Å²) in [5.41, 5.74) is 2.80. The highest BCUT2D eigenvalue weighted by Crippen LogP contribution is 2.34. The second-order valence-electron chi connectivity index (χ2n) is 6.05. The number of nitrogens with zero attached hydrogens (tertiary/aromatic N) is 5. The molecule has 3 aromatic rings. The third kappa shape index (κ3) is 3.52. The molecule has 0 spiro atoms. The van der Waals surface area contributed by atoms with Crippen molar-refractivity contribution < 1.29 is 4.39 Å². The topological polar surface area (TPSA) is 87.7 Å².